The summed E-state index contributed by atoms with van der Waals surface area (Å²) in [6, 6.07) is 12.2. The van der Waals surface area contributed by atoms with Gasteiger partial charge in [0.2, 0.25) is 0 Å². The third kappa shape index (κ3) is 5.82. The van der Waals surface area contributed by atoms with Crippen molar-refractivity contribution in [2.45, 2.75) is 51.9 Å². The minimum atomic E-state index is -3.21. The summed E-state index contributed by atoms with van der Waals surface area (Å²) in [4.78, 5) is 4.66. The quantitative estimate of drug-likeness (QED) is 0.450. The first kappa shape index (κ1) is 22.2. The van der Waals surface area contributed by atoms with Crippen LogP contribution in [-0.2, 0) is 5.92 Å². The fraction of sp³-hybridized carbons (Fsp3) is 0.538. The zero-order chi connectivity index (χ0) is 22.0. The van der Waals surface area contributed by atoms with Crippen LogP contribution in [0.25, 0.3) is 0 Å². The van der Waals surface area contributed by atoms with Gasteiger partial charge < -0.3 is 9.80 Å². The van der Waals surface area contributed by atoms with Crippen LogP contribution in [0.5, 0.6) is 0 Å². The molecule has 2 aliphatic rings. The molecule has 1 saturated heterocycles. The highest BCUT2D eigenvalue weighted by Crippen LogP contribution is 2.36. The van der Waals surface area contributed by atoms with E-state index in [2.05, 4.69) is 9.80 Å². The molecule has 0 atom stereocenters. The van der Waals surface area contributed by atoms with Crippen LogP contribution in [0.1, 0.15) is 50.2 Å². The lowest BCUT2D eigenvalue weighted by molar-refractivity contribution is 0.0138. The van der Waals surface area contributed by atoms with Gasteiger partial charge >= 0.3 is 0 Å². The Balaban J connectivity index is 1.48. The molecule has 2 aromatic carbocycles. The normalized spacial score (nSPS) is 18.4. The molecule has 5 heteroatoms. The summed E-state index contributed by atoms with van der Waals surface area (Å²) in [7, 11) is 0. The fourth-order valence-electron chi connectivity index (χ4n) is 4.58. The molecule has 168 valence electrons. The molecule has 0 N–H and O–H groups in total. The molecule has 1 aliphatic carbocycles. The van der Waals surface area contributed by atoms with Crippen molar-refractivity contribution < 1.29 is 13.2 Å². The predicted molar refractivity (Wildman–Crippen MR) is 121 cm³/mol. The molecule has 1 saturated carbocycles. The largest absolute Gasteiger partial charge is 0.341 e. The molecule has 0 spiro atoms. The maximum atomic E-state index is 14.1. The highest BCUT2D eigenvalue weighted by molar-refractivity contribution is 5.64. The van der Waals surface area contributed by atoms with Crippen LogP contribution in [0.15, 0.2) is 42.5 Å². The van der Waals surface area contributed by atoms with Gasteiger partial charge in [-0.15, -0.1) is 0 Å². The maximum Gasteiger partial charge on any atom is 0.273 e. The number of alkyl halides is 2. The second-order valence-electron chi connectivity index (χ2n) is 9.52. The van der Waals surface area contributed by atoms with Gasteiger partial charge in [0.25, 0.3) is 5.92 Å². The Morgan fingerprint density at radius 1 is 0.935 bits per heavy atom. The van der Waals surface area contributed by atoms with E-state index in [9.17, 15) is 13.2 Å². The van der Waals surface area contributed by atoms with E-state index in [1.807, 2.05) is 31.2 Å². The van der Waals surface area contributed by atoms with E-state index in [0.717, 1.165) is 50.1 Å². The SMILES string of the molecule is Cc1ccc(N(CCC2CCN(CC3CC3)CC2)c2ccc(F)c(C(C)(F)F)c2)cc1. The summed E-state index contributed by atoms with van der Waals surface area (Å²) in [5.74, 6) is -2.51. The second-order valence-corrected chi connectivity index (χ2v) is 9.52. The predicted octanol–water partition coefficient (Wildman–Crippen LogP) is 6.90. The van der Waals surface area contributed by atoms with E-state index in [4.69, 9.17) is 0 Å². The zero-order valence-electron chi connectivity index (χ0n) is 18.6. The molecule has 1 aliphatic heterocycles. The van der Waals surface area contributed by atoms with E-state index in [-0.39, 0.29) is 0 Å². The number of anilines is 2. The molecule has 2 fully saturated rings. The van der Waals surface area contributed by atoms with Crippen molar-refractivity contribution in [3.63, 3.8) is 0 Å². The maximum absolute atomic E-state index is 14.1. The molecule has 0 unspecified atom stereocenters. The summed E-state index contributed by atoms with van der Waals surface area (Å²) in [5, 5.41) is 0. The van der Waals surface area contributed by atoms with Gasteiger partial charge in [-0.05, 0) is 94.3 Å². The van der Waals surface area contributed by atoms with Crippen LogP contribution >= 0.6 is 0 Å². The first-order valence-electron chi connectivity index (χ1n) is 11.5. The molecular formula is C26H33F3N2. The standard InChI is InChI=1S/C26H33F3N2/c1-19-3-7-22(8-4-19)31(23-9-10-25(27)24(17-23)26(2,28)29)16-13-20-11-14-30(15-12-20)18-21-5-6-21/h3-4,7-10,17,20-21H,5-6,11-16,18H2,1-2H3. The van der Waals surface area contributed by atoms with Crippen molar-refractivity contribution in [3.8, 4) is 0 Å². The molecule has 0 amide bonds. The molecule has 0 radical (unpaired) electrons. The summed E-state index contributed by atoms with van der Waals surface area (Å²) in [5.41, 5.74) is 2.17. The summed E-state index contributed by atoms with van der Waals surface area (Å²) in [6.45, 7) is 7.09. The first-order valence-corrected chi connectivity index (χ1v) is 11.5. The van der Waals surface area contributed by atoms with Gasteiger partial charge in [0.15, 0.2) is 0 Å². The average molecular weight is 431 g/mol. The molecule has 0 bridgehead atoms. The van der Waals surface area contributed by atoms with Crippen LogP contribution in [0, 0.1) is 24.6 Å². The van der Waals surface area contributed by atoms with Crippen molar-refractivity contribution in [1.82, 2.24) is 4.90 Å². The number of aryl methyl sites for hydroxylation is 1. The number of likely N-dealkylation sites (tertiary alicyclic amines) is 1. The van der Waals surface area contributed by atoms with Gasteiger partial charge in [-0.2, -0.15) is 0 Å². The lowest BCUT2D eigenvalue weighted by Crippen LogP contribution is -2.36. The topological polar surface area (TPSA) is 6.48 Å². The minimum Gasteiger partial charge on any atom is -0.341 e. The summed E-state index contributed by atoms with van der Waals surface area (Å²) in [6.07, 6.45) is 6.16. The van der Waals surface area contributed by atoms with Crippen molar-refractivity contribution in [2.75, 3.05) is 31.1 Å². The molecule has 31 heavy (non-hydrogen) atoms. The Morgan fingerprint density at radius 3 is 2.19 bits per heavy atom. The number of benzene rings is 2. The lowest BCUT2D eigenvalue weighted by atomic mass is 9.93. The first-order chi connectivity index (χ1) is 14.8. The average Bonchev–Trinajstić information content (AvgIpc) is 3.55. The van der Waals surface area contributed by atoms with Gasteiger partial charge in [-0.3, -0.25) is 0 Å². The Bertz CT molecular complexity index is 863. The Kier molecular flexibility index (Phi) is 6.61. The number of nitrogens with zero attached hydrogens (tertiary/aromatic N) is 2. The smallest absolute Gasteiger partial charge is 0.273 e. The molecule has 0 aromatic heterocycles. The highest BCUT2D eigenvalue weighted by atomic mass is 19.3. The lowest BCUT2D eigenvalue weighted by Gasteiger charge is -2.34. The van der Waals surface area contributed by atoms with E-state index in [0.29, 0.717) is 11.6 Å². The molecular weight excluding hydrogens is 397 g/mol. The van der Waals surface area contributed by atoms with Gasteiger partial charge in [0.1, 0.15) is 5.82 Å². The minimum absolute atomic E-state index is 0.546. The van der Waals surface area contributed by atoms with E-state index >= 15 is 0 Å². The fourth-order valence-corrected chi connectivity index (χ4v) is 4.58. The van der Waals surface area contributed by atoms with Crippen LogP contribution in [0.3, 0.4) is 0 Å². The van der Waals surface area contributed by atoms with Gasteiger partial charge in [-0.1, -0.05) is 17.7 Å². The van der Waals surface area contributed by atoms with Crippen molar-refractivity contribution in [1.29, 1.82) is 0 Å². The Morgan fingerprint density at radius 2 is 1.58 bits per heavy atom. The zero-order valence-corrected chi connectivity index (χ0v) is 18.6. The third-order valence-corrected chi connectivity index (χ3v) is 6.76. The van der Waals surface area contributed by atoms with Gasteiger partial charge in [0.05, 0.1) is 5.56 Å². The molecule has 2 nitrogen and oxygen atoms in total. The monoisotopic (exact) mass is 430 g/mol. The van der Waals surface area contributed by atoms with Crippen molar-refractivity contribution in [3.05, 3.63) is 59.4 Å². The second kappa shape index (κ2) is 9.23. The van der Waals surface area contributed by atoms with Gasteiger partial charge in [-0.25, -0.2) is 13.2 Å². The van der Waals surface area contributed by atoms with Crippen LogP contribution < -0.4 is 4.90 Å². The van der Waals surface area contributed by atoms with E-state index < -0.39 is 17.3 Å². The third-order valence-electron chi connectivity index (χ3n) is 6.76. The van der Waals surface area contributed by atoms with Crippen LogP contribution in [-0.4, -0.2) is 31.1 Å². The highest BCUT2D eigenvalue weighted by Gasteiger charge is 2.30. The summed E-state index contributed by atoms with van der Waals surface area (Å²) >= 11 is 0. The van der Waals surface area contributed by atoms with Crippen molar-refractivity contribution >= 4 is 11.4 Å². The van der Waals surface area contributed by atoms with E-state index in [1.165, 1.54) is 44.4 Å². The molecule has 2 aromatic rings. The number of piperidine rings is 1. The van der Waals surface area contributed by atoms with Crippen LogP contribution in [0.2, 0.25) is 0 Å². The van der Waals surface area contributed by atoms with Gasteiger partial charge in [0, 0.05) is 31.4 Å². The number of rotatable bonds is 8. The number of halogens is 3. The van der Waals surface area contributed by atoms with E-state index in [1.54, 1.807) is 6.07 Å². The number of hydrogen-bond donors (Lipinski definition) is 0. The summed E-state index contributed by atoms with van der Waals surface area (Å²) < 4.78 is 42.0. The number of hydrogen-bond acceptors (Lipinski definition) is 2. The molecule has 4 rings (SSSR count). The van der Waals surface area contributed by atoms with Crippen molar-refractivity contribution in [2.24, 2.45) is 11.8 Å². The Labute approximate surface area is 184 Å². The Hall–Kier alpha value is -2.01. The van der Waals surface area contributed by atoms with Crippen LogP contribution in [0.4, 0.5) is 24.5 Å². The molecule has 1 heterocycles.